The highest BCUT2D eigenvalue weighted by Crippen LogP contribution is 2.16. The lowest BCUT2D eigenvalue weighted by molar-refractivity contribution is 0.163. The normalized spacial score (nSPS) is 12.6. The minimum Gasteiger partial charge on any atom is -0.383 e. The average molecular weight is 277 g/mol. The average Bonchev–Trinajstić information content (AvgIpc) is 3.04. The maximum Gasteiger partial charge on any atom is 0.203 e. The number of rotatable bonds is 8. The summed E-state index contributed by atoms with van der Waals surface area (Å²) in [7, 11) is 1.72. The third-order valence-electron chi connectivity index (χ3n) is 3.14. The summed E-state index contributed by atoms with van der Waals surface area (Å²) in [6, 6.07) is 2.21. The fourth-order valence-corrected chi connectivity index (χ4v) is 2.18. The number of hydrogen-bond acceptors (Lipinski definition) is 4. The van der Waals surface area contributed by atoms with Crippen molar-refractivity contribution in [1.29, 1.82) is 0 Å². The molecule has 0 amide bonds. The van der Waals surface area contributed by atoms with Gasteiger partial charge in [0.15, 0.2) is 0 Å². The predicted molar refractivity (Wildman–Crippen MR) is 78.9 cm³/mol. The lowest BCUT2D eigenvalue weighted by atomic mass is 10.3. The fourth-order valence-electron chi connectivity index (χ4n) is 2.18. The second-order valence-electron chi connectivity index (χ2n) is 4.97. The van der Waals surface area contributed by atoms with Gasteiger partial charge >= 0.3 is 0 Å². The number of imidazole rings is 1. The zero-order valence-electron chi connectivity index (χ0n) is 12.4. The molecule has 110 valence electrons. The van der Waals surface area contributed by atoms with Crippen LogP contribution in [0.25, 0.3) is 0 Å². The number of nitrogens with zero attached hydrogens (tertiary/aromatic N) is 4. The van der Waals surface area contributed by atoms with E-state index in [1.54, 1.807) is 13.3 Å². The van der Waals surface area contributed by atoms with Gasteiger partial charge in [0.1, 0.15) is 0 Å². The third-order valence-corrected chi connectivity index (χ3v) is 3.14. The minimum absolute atomic E-state index is 0.273. The van der Waals surface area contributed by atoms with Crippen molar-refractivity contribution < 1.29 is 4.74 Å². The summed E-state index contributed by atoms with van der Waals surface area (Å²) in [4.78, 5) is 4.52. The molecular formula is C14H23N5O. The van der Waals surface area contributed by atoms with Crippen molar-refractivity contribution in [1.82, 2.24) is 19.3 Å². The van der Waals surface area contributed by atoms with Crippen LogP contribution in [-0.4, -0.2) is 39.6 Å². The molecule has 6 heteroatoms. The number of nitrogens with one attached hydrogen (secondary N) is 1. The Morgan fingerprint density at radius 1 is 1.45 bits per heavy atom. The summed E-state index contributed by atoms with van der Waals surface area (Å²) in [6.45, 7) is 6.59. The Hall–Kier alpha value is -1.82. The van der Waals surface area contributed by atoms with Gasteiger partial charge in [-0.3, -0.25) is 4.68 Å². The van der Waals surface area contributed by atoms with Gasteiger partial charge in [0, 0.05) is 38.8 Å². The van der Waals surface area contributed by atoms with E-state index in [9.17, 15) is 0 Å². The van der Waals surface area contributed by atoms with E-state index >= 15 is 0 Å². The highest BCUT2D eigenvalue weighted by Gasteiger charge is 2.11. The van der Waals surface area contributed by atoms with Gasteiger partial charge in [-0.2, -0.15) is 5.10 Å². The first-order valence-electron chi connectivity index (χ1n) is 6.96. The molecule has 0 aliphatic carbocycles. The molecule has 0 bridgehead atoms. The van der Waals surface area contributed by atoms with Crippen LogP contribution in [0.4, 0.5) is 5.95 Å². The number of ether oxygens (including phenoxy) is 1. The smallest absolute Gasteiger partial charge is 0.203 e. The summed E-state index contributed by atoms with van der Waals surface area (Å²) < 4.78 is 9.28. The zero-order chi connectivity index (χ0) is 14.4. The van der Waals surface area contributed by atoms with Crippen LogP contribution in [0.3, 0.4) is 0 Å². The second kappa shape index (κ2) is 7.09. The molecule has 1 unspecified atom stereocenters. The van der Waals surface area contributed by atoms with E-state index in [0.717, 1.165) is 31.2 Å². The summed E-state index contributed by atoms with van der Waals surface area (Å²) in [5.74, 6) is 0.910. The van der Waals surface area contributed by atoms with E-state index in [2.05, 4.69) is 33.1 Å². The van der Waals surface area contributed by atoms with E-state index in [-0.39, 0.29) is 6.04 Å². The van der Waals surface area contributed by atoms with Crippen LogP contribution in [0.1, 0.15) is 25.1 Å². The predicted octanol–water partition coefficient (Wildman–Crippen LogP) is 2.10. The lowest BCUT2D eigenvalue weighted by Gasteiger charge is -2.16. The molecule has 0 saturated carbocycles. The molecule has 0 fully saturated rings. The Morgan fingerprint density at radius 2 is 2.30 bits per heavy atom. The van der Waals surface area contributed by atoms with Crippen molar-refractivity contribution in [3.63, 3.8) is 0 Å². The Balaban J connectivity index is 1.85. The van der Waals surface area contributed by atoms with Gasteiger partial charge in [0.25, 0.3) is 0 Å². The maximum atomic E-state index is 5.21. The summed E-state index contributed by atoms with van der Waals surface area (Å²) in [6.07, 6.45) is 6.84. The van der Waals surface area contributed by atoms with E-state index in [1.165, 1.54) is 0 Å². The van der Waals surface area contributed by atoms with Crippen LogP contribution in [0, 0.1) is 6.92 Å². The third kappa shape index (κ3) is 3.84. The molecule has 0 aliphatic heterocycles. The molecule has 0 aliphatic rings. The van der Waals surface area contributed by atoms with Gasteiger partial charge in [0.2, 0.25) is 5.95 Å². The molecule has 1 N–H and O–H groups in total. The van der Waals surface area contributed by atoms with E-state index in [1.807, 2.05) is 23.9 Å². The molecule has 2 aromatic heterocycles. The number of anilines is 1. The molecule has 20 heavy (non-hydrogen) atoms. The quantitative estimate of drug-likeness (QED) is 0.751. The molecule has 0 saturated heterocycles. The van der Waals surface area contributed by atoms with Crippen molar-refractivity contribution in [3.8, 4) is 0 Å². The summed E-state index contributed by atoms with van der Waals surface area (Å²) in [5.41, 5.74) is 1.02. The molecular weight excluding hydrogens is 254 g/mol. The number of hydrogen-bond donors (Lipinski definition) is 1. The van der Waals surface area contributed by atoms with Gasteiger partial charge in [-0.1, -0.05) is 0 Å². The van der Waals surface area contributed by atoms with Crippen molar-refractivity contribution in [2.45, 2.75) is 32.9 Å². The van der Waals surface area contributed by atoms with Crippen molar-refractivity contribution in [2.24, 2.45) is 0 Å². The van der Waals surface area contributed by atoms with Crippen LogP contribution >= 0.6 is 0 Å². The van der Waals surface area contributed by atoms with Gasteiger partial charge in [-0.05, 0) is 26.3 Å². The number of aryl methyl sites for hydroxylation is 2. The standard InChI is InChI=1S/C14H23N5O/c1-12-10-19(13(2)11-20-3)14(17-12)15-6-4-8-18-9-5-7-16-18/h5,7,9-10,13H,4,6,8,11H2,1-3H3,(H,15,17). The van der Waals surface area contributed by atoms with Crippen LogP contribution < -0.4 is 5.32 Å². The Bertz CT molecular complexity index is 506. The number of methoxy groups -OCH3 is 1. The molecule has 2 aromatic rings. The molecule has 1 atom stereocenters. The van der Waals surface area contributed by atoms with Gasteiger partial charge < -0.3 is 14.6 Å². The Labute approximate surface area is 119 Å². The summed E-state index contributed by atoms with van der Waals surface area (Å²) >= 11 is 0. The Morgan fingerprint density at radius 3 is 3.00 bits per heavy atom. The molecule has 0 spiro atoms. The molecule has 2 heterocycles. The van der Waals surface area contributed by atoms with Crippen LogP contribution in [0.5, 0.6) is 0 Å². The summed E-state index contributed by atoms with van der Waals surface area (Å²) in [5, 5.41) is 7.58. The van der Waals surface area contributed by atoms with Gasteiger partial charge in [-0.25, -0.2) is 4.98 Å². The first-order chi connectivity index (χ1) is 9.70. The van der Waals surface area contributed by atoms with E-state index in [4.69, 9.17) is 4.74 Å². The molecule has 0 aromatic carbocycles. The van der Waals surface area contributed by atoms with Gasteiger partial charge in [0.05, 0.1) is 18.3 Å². The maximum absolute atomic E-state index is 5.21. The monoisotopic (exact) mass is 277 g/mol. The second-order valence-corrected chi connectivity index (χ2v) is 4.97. The van der Waals surface area contributed by atoms with E-state index in [0.29, 0.717) is 6.61 Å². The first-order valence-corrected chi connectivity index (χ1v) is 6.96. The topological polar surface area (TPSA) is 56.9 Å². The largest absolute Gasteiger partial charge is 0.383 e. The first kappa shape index (κ1) is 14.6. The zero-order valence-corrected chi connectivity index (χ0v) is 12.4. The number of aromatic nitrogens is 4. The fraction of sp³-hybridized carbons (Fsp3) is 0.571. The van der Waals surface area contributed by atoms with Crippen LogP contribution in [0.2, 0.25) is 0 Å². The molecule has 2 rings (SSSR count). The van der Waals surface area contributed by atoms with Crippen molar-refractivity contribution in [2.75, 3.05) is 25.6 Å². The Kier molecular flexibility index (Phi) is 5.17. The van der Waals surface area contributed by atoms with Crippen molar-refractivity contribution in [3.05, 3.63) is 30.4 Å². The van der Waals surface area contributed by atoms with Crippen molar-refractivity contribution >= 4 is 5.95 Å². The van der Waals surface area contributed by atoms with E-state index < -0.39 is 0 Å². The minimum atomic E-state index is 0.273. The van der Waals surface area contributed by atoms with Gasteiger partial charge in [-0.15, -0.1) is 0 Å². The molecule has 0 radical (unpaired) electrons. The SMILES string of the molecule is COCC(C)n1cc(C)nc1NCCCn1cccn1. The lowest BCUT2D eigenvalue weighted by Crippen LogP contribution is -2.15. The molecule has 6 nitrogen and oxygen atoms in total. The van der Waals surface area contributed by atoms with Crippen LogP contribution in [-0.2, 0) is 11.3 Å². The highest BCUT2D eigenvalue weighted by atomic mass is 16.5. The van der Waals surface area contributed by atoms with Crippen LogP contribution in [0.15, 0.2) is 24.7 Å². The highest BCUT2D eigenvalue weighted by molar-refractivity contribution is 5.29.